The number of hydrogen-bond donors (Lipinski definition) is 2. The van der Waals surface area contributed by atoms with Gasteiger partial charge in [-0.2, -0.15) is 0 Å². The van der Waals surface area contributed by atoms with E-state index in [9.17, 15) is 25.1 Å². The van der Waals surface area contributed by atoms with Crippen LogP contribution in [0, 0.1) is 10.1 Å². The molecule has 0 radical (unpaired) electrons. The molecule has 0 saturated heterocycles. The van der Waals surface area contributed by atoms with E-state index in [1.165, 1.54) is 18.2 Å². The van der Waals surface area contributed by atoms with Gasteiger partial charge in [0.05, 0.1) is 4.92 Å². The molecule has 5 rings (SSSR count). The lowest BCUT2D eigenvalue weighted by atomic mass is 9.98. The maximum atomic E-state index is 12.8. The number of carbonyl (C=O) groups is 1. The molecule has 0 bridgehead atoms. The topological polar surface area (TPSA) is 115 Å². The Balaban J connectivity index is 1.65. The predicted molar refractivity (Wildman–Crippen MR) is 118 cm³/mol. The first kappa shape index (κ1) is 19.4. The second kappa shape index (κ2) is 6.98. The molecule has 0 aliphatic carbocycles. The number of ether oxygens (including phenoxy) is 1. The third-order valence-corrected chi connectivity index (χ3v) is 5.46. The molecule has 1 aromatic heterocycles. The number of aromatic nitrogens is 1. The fraction of sp³-hybridized carbons (Fsp3) is 0.0417. The van der Waals surface area contributed by atoms with Crippen molar-refractivity contribution in [1.82, 2.24) is 4.57 Å². The van der Waals surface area contributed by atoms with Crippen molar-refractivity contribution < 1.29 is 24.7 Å². The van der Waals surface area contributed by atoms with Crippen LogP contribution >= 0.6 is 0 Å². The van der Waals surface area contributed by atoms with Crippen molar-refractivity contribution in [1.29, 1.82) is 0 Å². The lowest BCUT2D eigenvalue weighted by molar-refractivity contribution is -0.384. The average Bonchev–Trinajstić information content (AvgIpc) is 3.25. The Morgan fingerprint density at radius 1 is 1.09 bits per heavy atom. The van der Waals surface area contributed by atoms with Gasteiger partial charge in [-0.3, -0.25) is 14.9 Å². The van der Waals surface area contributed by atoms with E-state index in [0.717, 1.165) is 28.1 Å². The lowest BCUT2D eigenvalue weighted by Gasteiger charge is -2.06. The molecule has 1 aliphatic heterocycles. The van der Waals surface area contributed by atoms with Crippen LogP contribution in [0.15, 0.2) is 66.6 Å². The van der Waals surface area contributed by atoms with Crippen molar-refractivity contribution >= 4 is 28.4 Å². The molecule has 0 saturated carbocycles. The summed E-state index contributed by atoms with van der Waals surface area (Å²) in [5, 5.41) is 31.6. The molecule has 0 unspecified atom stereocenters. The van der Waals surface area contributed by atoms with Gasteiger partial charge in [0.1, 0.15) is 22.8 Å². The number of fused-ring (bicyclic) bond motifs is 2. The molecule has 8 nitrogen and oxygen atoms in total. The van der Waals surface area contributed by atoms with Gasteiger partial charge >= 0.3 is 0 Å². The second-order valence-electron chi connectivity index (χ2n) is 7.48. The van der Waals surface area contributed by atoms with Crippen LogP contribution in [0.5, 0.6) is 17.2 Å². The highest BCUT2D eigenvalue weighted by atomic mass is 16.6. The summed E-state index contributed by atoms with van der Waals surface area (Å²) < 4.78 is 7.55. The minimum absolute atomic E-state index is 0.00195. The van der Waals surface area contributed by atoms with E-state index in [4.69, 9.17) is 4.74 Å². The van der Waals surface area contributed by atoms with Gasteiger partial charge in [0.25, 0.3) is 5.69 Å². The first-order valence-corrected chi connectivity index (χ1v) is 9.66. The SMILES string of the molecule is Cn1cc(C=C2Oc3cc(O)cc(O)c3C2=O)c2c(-c3ccc([N+](=O)[O-])cc3)cccc21. The zero-order valence-corrected chi connectivity index (χ0v) is 16.8. The normalized spacial score (nSPS) is 14.0. The number of ketones is 1. The highest BCUT2D eigenvalue weighted by Gasteiger charge is 2.31. The van der Waals surface area contributed by atoms with Gasteiger partial charge in [0.15, 0.2) is 5.76 Å². The maximum Gasteiger partial charge on any atom is 0.269 e. The van der Waals surface area contributed by atoms with Crippen LogP contribution in [-0.2, 0) is 7.05 Å². The number of aromatic hydroxyl groups is 2. The second-order valence-corrected chi connectivity index (χ2v) is 7.48. The summed E-state index contributed by atoms with van der Waals surface area (Å²) in [4.78, 5) is 23.4. The van der Waals surface area contributed by atoms with E-state index in [2.05, 4.69) is 0 Å². The molecule has 2 heterocycles. The Morgan fingerprint density at radius 3 is 2.56 bits per heavy atom. The van der Waals surface area contributed by atoms with Gasteiger partial charge in [-0.1, -0.05) is 12.1 Å². The van der Waals surface area contributed by atoms with Crippen LogP contribution in [0.1, 0.15) is 15.9 Å². The van der Waals surface area contributed by atoms with Crippen molar-refractivity contribution in [3.8, 4) is 28.4 Å². The average molecular weight is 428 g/mol. The Labute approximate surface area is 181 Å². The number of nitrogens with zero attached hydrogens (tertiary/aromatic N) is 2. The Hall–Kier alpha value is -4.59. The molecule has 0 amide bonds. The molecule has 8 heteroatoms. The van der Waals surface area contributed by atoms with E-state index in [-0.39, 0.29) is 34.3 Å². The summed E-state index contributed by atoms with van der Waals surface area (Å²) >= 11 is 0. The Morgan fingerprint density at radius 2 is 1.84 bits per heavy atom. The predicted octanol–water partition coefficient (Wildman–Crippen LogP) is 4.78. The lowest BCUT2D eigenvalue weighted by Crippen LogP contribution is -1.98. The summed E-state index contributed by atoms with van der Waals surface area (Å²) in [6, 6.07) is 14.4. The number of phenolic OH excluding ortho intramolecular Hbond substituents is 2. The maximum absolute atomic E-state index is 12.8. The largest absolute Gasteiger partial charge is 0.508 e. The zero-order chi connectivity index (χ0) is 22.6. The van der Waals surface area contributed by atoms with E-state index in [1.54, 1.807) is 18.2 Å². The van der Waals surface area contributed by atoms with Gasteiger partial charge in [0, 0.05) is 54.0 Å². The van der Waals surface area contributed by atoms with Crippen molar-refractivity contribution in [2.24, 2.45) is 7.05 Å². The number of aryl methyl sites for hydroxylation is 1. The summed E-state index contributed by atoms with van der Waals surface area (Å²) in [5.74, 6) is -0.928. The van der Waals surface area contributed by atoms with Crippen LogP contribution in [0.2, 0.25) is 0 Å². The summed E-state index contributed by atoms with van der Waals surface area (Å²) in [6.07, 6.45) is 3.44. The number of carbonyl (C=O) groups excluding carboxylic acids is 1. The number of phenols is 2. The number of Topliss-reactive ketones (excluding diaryl/α,β-unsaturated/α-hetero) is 1. The fourth-order valence-corrected chi connectivity index (χ4v) is 4.01. The highest BCUT2D eigenvalue weighted by molar-refractivity contribution is 6.17. The molecule has 0 atom stereocenters. The first-order valence-electron chi connectivity index (χ1n) is 9.66. The molecule has 32 heavy (non-hydrogen) atoms. The third-order valence-electron chi connectivity index (χ3n) is 5.46. The van der Waals surface area contributed by atoms with Crippen molar-refractivity contribution in [3.05, 3.63) is 87.8 Å². The highest BCUT2D eigenvalue weighted by Crippen LogP contribution is 2.41. The molecule has 1 aliphatic rings. The summed E-state index contributed by atoms with van der Waals surface area (Å²) in [7, 11) is 1.87. The van der Waals surface area contributed by atoms with Crippen molar-refractivity contribution in [2.75, 3.05) is 0 Å². The van der Waals surface area contributed by atoms with Crippen molar-refractivity contribution in [2.45, 2.75) is 0 Å². The van der Waals surface area contributed by atoms with Gasteiger partial charge in [-0.25, -0.2) is 0 Å². The van der Waals surface area contributed by atoms with Crippen LogP contribution in [0.3, 0.4) is 0 Å². The standard InChI is InChI=1S/C24H16N2O6/c1-25-12-14(9-21-24(29)23-19(28)10-16(27)11-20(23)32-21)22-17(3-2-4-18(22)25)13-5-7-15(8-6-13)26(30)31/h2-12,27-28H,1H3. The van der Waals surface area contributed by atoms with E-state index < -0.39 is 10.7 Å². The number of nitro benzene ring substituents is 1. The molecular weight excluding hydrogens is 412 g/mol. The van der Waals surface area contributed by atoms with Crippen molar-refractivity contribution in [3.63, 3.8) is 0 Å². The van der Waals surface area contributed by atoms with Gasteiger partial charge in [-0.05, 0) is 35.4 Å². The van der Waals surface area contributed by atoms with E-state index >= 15 is 0 Å². The van der Waals surface area contributed by atoms with Gasteiger partial charge in [0.2, 0.25) is 5.78 Å². The Kier molecular flexibility index (Phi) is 4.23. The van der Waals surface area contributed by atoms with Crippen LogP contribution in [0.4, 0.5) is 5.69 Å². The van der Waals surface area contributed by atoms with Crippen LogP contribution < -0.4 is 4.74 Å². The molecule has 2 N–H and O–H groups in total. The number of hydrogen-bond acceptors (Lipinski definition) is 6. The van der Waals surface area contributed by atoms with Crippen LogP contribution in [-0.4, -0.2) is 25.5 Å². The van der Waals surface area contributed by atoms with E-state index in [1.807, 2.05) is 36.0 Å². The minimum atomic E-state index is -0.484. The minimum Gasteiger partial charge on any atom is -0.508 e. The number of non-ortho nitro benzene ring substituents is 1. The van der Waals surface area contributed by atoms with Gasteiger partial charge < -0.3 is 19.5 Å². The number of allylic oxidation sites excluding steroid dienone is 1. The monoisotopic (exact) mass is 428 g/mol. The summed E-state index contributed by atoms with van der Waals surface area (Å²) in [6.45, 7) is 0. The molecular formula is C24H16N2O6. The third kappa shape index (κ3) is 2.97. The fourth-order valence-electron chi connectivity index (χ4n) is 4.01. The summed E-state index contributed by atoms with van der Waals surface area (Å²) in [5.41, 5.74) is 3.24. The first-order chi connectivity index (χ1) is 15.3. The van der Waals surface area contributed by atoms with Gasteiger partial charge in [-0.15, -0.1) is 0 Å². The molecule has 3 aromatic carbocycles. The molecule has 4 aromatic rings. The number of nitro groups is 1. The smallest absolute Gasteiger partial charge is 0.269 e. The number of benzene rings is 3. The molecule has 158 valence electrons. The molecule has 0 spiro atoms. The molecule has 0 fully saturated rings. The zero-order valence-electron chi connectivity index (χ0n) is 16.8. The quantitative estimate of drug-likeness (QED) is 0.276. The van der Waals surface area contributed by atoms with Crippen LogP contribution in [0.25, 0.3) is 28.1 Å². The Bertz CT molecular complexity index is 1460. The van der Waals surface area contributed by atoms with E-state index in [0.29, 0.717) is 5.56 Å². The number of rotatable bonds is 3.